The highest BCUT2D eigenvalue weighted by molar-refractivity contribution is 7.11. The van der Waals surface area contributed by atoms with Crippen LogP contribution >= 0.6 is 11.3 Å². The molecule has 5 rings (SSSR count). The number of hydrogen-bond acceptors (Lipinski definition) is 7. The van der Waals surface area contributed by atoms with Gasteiger partial charge in [-0.05, 0) is 61.7 Å². The van der Waals surface area contributed by atoms with Crippen molar-refractivity contribution in [3.63, 3.8) is 0 Å². The molecule has 0 unspecified atom stereocenters. The Morgan fingerprint density at radius 2 is 1.78 bits per heavy atom. The summed E-state index contributed by atoms with van der Waals surface area (Å²) in [4.78, 5) is 28.7. The van der Waals surface area contributed by atoms with E-state index < -0.39 is 5.91 Å². The van der Waals surface area contributed by atoms with E-state index in [4.69, 9.17) is 14.2 Å². The number of thiophene rings is 1. The number of ether oxygens (including phenoxy) is 3. The highest BCUT2D eigenvalue weighted by Gasteiger charge is 2.40. The molecule has 0 atom stereocenters. The van der Waals surface area contributed by atoms with E-state index in [1.165, 1.54) is 16.2 Å². The molecule has 2 amide bonds. The van der Waals surface area contributed by atoms with Crippen molar-refractivity contribution < 1.29 is 23.8 Å². The average Bonchev–Trinajstić information content (AvgIpc) is 3.49. The number of nitrogens with one attached hydrogen (secondary N) is 1. The molecule has 2 aliphatic rings. The Morgan fingerprint density at radius 1 is 1.00 bits per heavy atom. The molecule has 0 bridgehead atoms. The van der Waals surface area contributed by atoms with Gasteiger partial charge in [0, 0.05) is 16.6 Å². The number of rotatable bonds is 6. The molecule has 0 spiro atoms. The highest BCUT2D eigenvalue weighted by atomic mass is 32.1. The fourth-order valence-electron chi connectivity index (χ4n) is 3.59. The van der Waals surface area contributed by atoms with Gasteiger partial charge >= 0.3 is 0 Å². The van der Waals surface area contributed by atoms with Crippen molar-refractivity contribution in [3.05, 3.63) is 70.6 Å². The second-order valence-electron chi connectivity index (χ2n) is 7.53. The van der Waals surface area contributed by atoms with Crippen LogP contribution in [0.1, 0.15) is 18.7 Å². The molecule has 1 aromatic heterocycles. The molecule has 2 aliphatic heterocycles. The number of nitrogens with zero attached hydrogens (tertiary/aromatic N) is 1. The molecule has 0 saturated heterocycles. The maximum absolute atomic E-state index is 13.4. The zero-order valence-corrected chi connectivity index (χ0v) is 18.3. The van der Waals surface area contributed by atoms with Crippen molar-refractivity contribution in [1.82, 2.24) is 0 Å². The van der Waals surface area contributed by atoms with Crippen LogP contribution < -0.4 is 24.4 Å². The Kier molecular flexibility index (Phi) is 5.07. The van der Waals surface area contributed by atoms with Crippen LogP contribution in [0.25, 0.3) is 5.57 Å². The smallest absolute Gasteiger partial charge is 0.282 e. The number of fused-ring (bicyclic) bond motifs is 1. The normalized spacial score (nSPS) is 15.2. The molecule has 3 heterocycles. The topological polar surface area (TPSA) is 77.1 Å². The lowest BCUT2D eigenvalue weighted by Crippen LogP contribution is -2.32. The lowest BCUT2D eigenvalue weighted by atomic mass is 10.1. The van der Waals surface area contributed by atoms with Gasteiger partial charge in [-0.1, -0.05) is 6.07 Å². The largest absolute Gasteiger partial charge is 0.491 e. The van der Waals surface area contributed by atoms with Crippen molar-refractivity contribution in [2.45, 2.75) is 20.0 Å². The van der Waals surface area contributed by atoms with Crippen LogP contribution in [0.15, 0.2) is 65.7 Å². The lowest BCUT2D eigenvalue weighted by Gasteiger charge is -2.16. The monoisotopic (exact) mass is 448 g/mol. The molecule has 2 aromatic carbocycles. The minimum absolute atomic E-state index is 0.0282. The van der Waals surface area contributed by atoms with E-state index in [-0.39, 0.29) is 24.5 Å². The highest BCUT2D eigenvalue weighted by Crippen LogP contribution is 2.38. The van der Waals surface area contributed by atoms with Gasteiger partial charge in [0.25, 0.3) is 11.8 Å². The number of carbonyl (C=O) groups is 2. The van der Waals surface area contributed by atoms with Crippen LogP contribution in [-0.4, -0.2) is 24.7 Å². The Labute approximate surface area is 188 Å². The van der Waals surface area contributed by atoms with Crippen molar-refractivity contribution >= 4 is 40.1 Å². The molecule has 0 saturated carbocycles. The van der Waals surface area contributed by atoms with Crippen LogP contribution in [-0.2, 0) is 9.59 Å². The van der Waals surface area contributed by atoms with Gasteiger partial charge in [0.05, 0.1) is 17.4 Å². The first kappa shape index (κ1) is 20.1. The second-order valence-corrected chi connectivity index (χ2v) is 8.47. The van der Waals surface area contributed by atoms with Crippen LogP contribution in [0.4, 0.5) is 11.4 Å². The molecule has 3 aromatic rings. The van der Waals surface area contributed by atoms with Crippen LogP contribution in [0.3, 0.4) is 0 Å². The predicted octanol–water partition coefficient (Wildman–Crippen LogP) is 4.66. The first-order valence-electron chi connectivity index (χ1n) is 10.1. The molecular weight excluding hydrogens is 428 g/mol. The lowest BCUT2D eigenvalue weighted by molar-refractivity contribution is -0.120. The number of carbonyl (C=O) groups excluding carboxylic acids is 2. The Hall–Kier alpha value is -3.78. The molecule has 0 aliphatic carbocycles. The molecule has 32 heavy (non-hydrogen) atoms. The van der Waals surface area contributed by atoms with E-state index in [9.17, 15) is 9.59 Å². The maximum Gasteiger partial charge on any atom is 0.282 e. The molecule has 8 heteroatoms. The minimum Gasteiger partial charge on any atom is -0.491 e. The quantitative estimate of drug-likeness (QED) is 0.553. The fraction of sp³-hybridized carbons (Fsp3) is 0.167. The third-order valence-electron chi connectivity index (χ3n) is 4.96. The molecule has 0 fully saturated rings. The predicted molar refractivity (Wildman–Crippen MR) is 122 cm³/mol. The summed E-state index contributed by atoms with van der Waals surface area (Å²) in [5, 5.41) is 5.01. The van der Waals surface area contributed by atoms with E-state index in [0.29, 0.717) is 39.1 Å². The van der Waals surface area contributed by atoms with Crippen molar-refractivity contribution in [1.29, 1.82) is 0 Å². The molecule has 162 valence electrons. The first-order chi connectivity index (χ1) is 15.5. The molecule has 7 nitrogen and oxygen atoms in total. The zero-order chi connectivity index (χ0) is 22.2. The average molecular weight is 449 g/mol. The second kappa shape index (κ2) is 8.05. The molecule has 0 radical (unpaired) electrons. The van der Waals surface area contributed by atoms with E-state index in [0.717, 1.165) is 0 Å². The standard InChI is InChI=1S/C24H20N2O5S/c1-14(2)31-17-8-6-16(7-9-17)26-23(27)21(20-4-3-11-32-20)22(24(26)28)25-15-5-10-18-19(12-15)30-13-29-18/h3-12,14,25H,13H2,1-2H3. The van der Waals surface area contributed by atoms with Crippen molar-refractivity contribution in [2.24, 2.45) is 0 Å². The summed E-state index contributed by atoms with van der Waals surface area (Å²) in [6, 6.07) is 15.9. The van der Waals surface area contributed by atoms with Crippen LogP contribution in [0.2, 0.25) is 0 Å². The molecular formula is C24H20N2O5S. The van der Waals surface area contributed by atoms with Crippen LogP contribution in [0.5, 0.6) is 17.2 Å². The van der Waals surface area contributed by atoms with Gasteiger partial charge < -0.3 is 19.5 Å². The summed E-state index contributed by atoms with van der Waals surface area (Å²) in [5.41, 5.74) is 1.67. The van der Waals surface area contributed by atoms with E-state index in [1.54, 1.807) is 42.5 Å². The summed E-state index contributed by atoms with van der Waals surface area (Å²) in [6.07, 6.45) is 0.0282. The zero-order valence-electron chi connectivity index (χ0n) is 17.5. The Morgan fingerprint density at radius 3 is 2.50 bits per heavy atom. The van der Waals surface area contributed by atoms with Crippen molar-refractivity contribution in [3.8, 4) is 17.2 Å². The van der Waals surface area contributed by atoms with Gasteiger partial charge in [0.15, 0.2) is 11.5 Å². The van der Waals surface area contributed by atoms with Gasteiger partial charge in [-0.3, -0.25) is 9.59 Å². The van der Waals surface area contributed by atoms with Crippen LogP contribution in [0, 0.1) is 0 Å². The van der Waals surface area contributed by atoms with E-state index in [2.05, 4.69) is 5.32 Å². The van der Waals surface area contributed by atoms with Gasteiger partial charge in [0.1, 0.15) is 11.4 Å². The fourth-order valence-corrected chi connectivity index (χ4v) is 4.36. The number of anilines is 2. The SMILES string of the molecule is CC(C)Oc1ccc(N2C(=O)C(Nc3ccc4c(c3)OCO4)=C(c3cccs3)C2=O)cc1. The molecule has 1 N–H and O–H groups in total. The first-order valence-corrected chi connectivity index (χ1v) is 11.0. The van der Waals surface area contributed by atoms with Crippen molar-refractivity contribution in [2.75, 3.05) is 17.0 Å². The van der Waals surface area contributed by atoms with Gasteiger partial charge in [-0.2, -0.15) is 0 Å². The summed E-state index contributed by atoms with van der Waals surface area (Å²) in [7, 11) is 0. The third-order valence-corrected chi connectivity index (χ3v) is 5.85. The summed E-state index contributed by atoms with van der Waals surface area (Å²) in [6.45, 7) is 4.03. The summed E-state index contributed by atoms with van der Waals surface area (Å²) >= 11 is 1.40. The van der Waals surface area contributed by atoms with Gasteiger partial charge in [-0.25, -0.2) is 4.90 Å². The number of imide groups is 1. The Balaban J connectivity index is 1.50. The summed E-state index contributed by atoms with van der Waals surface area (Å²) < 4.78 is 16.5. The van der Waals surface area contributed by atoms with E-state index >= 15 is 0 Å². The number of hydrogen-bond donors (Lipinski definition) is 1. The van der Waals surface area contributed by atoms with Gasteiger partial charge in [-0.15, -0.1) is 11.3 Å². The number of amides is 2. The maximum atomic E-state index is 13.4. The third kappa shape index (κ3) is 3.58. The number of benzene rings is 2. The van der Waals surface area contributed by atoms with Gasteiger partial charge in [0.2, 0.25) is 6.79 Å². The minimum atomic E-state index is -0.423. The summed E-state index contributed by atoms with van der Waals surface area (Å²) in [5.74, 6) is 1.10. The Bertz CT molecular complexity index is 1220. The van der Waals surface area contributed by atoms with E-state index in [1.807, 2.05) is 31.4 Å².